The van der Waals surface area contributed by atoms with E-state index in [-0.39, 0.29) is 11.8 Å². The Morgan fingerprint density at radius 1 is 1.19 bits per heavy atom. The van der Waals surface area contributed by atoms with Crippen molar-refractivity contribution in [3.8, 4) is 17.2 Å². The third-order valence-electron chi connectivity index (χ3n) is 5.07. The summed E-state index contributed by atoms with van der Waals surface area (Å²) in [4.78, 5) is 10.2. The van der Waals surface area contributed by atoms with E-state index < -0.39 is 0 Å². The number of benzene rings is 2. The fourth-order valence-corrected chi connectivity index (χ4v) is 3.78. The van der Waals surface area contributed by atoms with Gasteiger partial charge in [0.25, 0.3) is 0 Å². The molecule has 1 aromatic heterocycles. The largest absolute Gasteiger partial charge is 0.508 e. The number of hydrogen-bond donors (Lipinski definition) is 2. The Balaban J connectivity index is 1.73. The quantitative estimate of drug-likeness (QED) is 0.726. The zero-order valence-corrected chi connectivity index (χ0v) is 15.5. The number of aromatic nitrogens is 2. The molecule has 0 saturated heterocycles. The summed E-state index contributed by atoms with van der Waals surface area (Å²) in [5.74, 6) is 1.89. The van der Waals surface area contributed by atoms with Gasteiger partial charge >= 0.3 is 0 Å². The first-order valence-electron chi connectivity index (χ1n) is 8.95. The van der Waals surface area contributed by atoms with Crippen molar-refractivity contribution in [2.24, 2.45) is 0 Å². The van der Waals surface area contributed by atoms with Crippen LogP contribution < -0.4 is 9.47 Å². The van der Waals surface area contributed by atoms with Crippen LogP contribution >= 0.6 is 0 Å². The number of ether oxygens (including phenoxy) is 2. The van der Waals surface area contributed by atoms with Gasteiger partial charge in [-0.3, -0.25) is 4.90 Å². The summed E-state index contributed by atoms with van der Waals surface area (Å²) in [5.41, 5.74) is 4.23. The summed E-state index contributed by atoms with van der Waals surface area (Å²) < 4.78 is 10.9. The molecular weight excluding hydrogens is 342 g/mol. The van der Waals surface area contributed by atoms with Crippen molar-refractivity contribution in [3.63, 3.8) is 0 Å². The second kappa shape index (κ2) is 7.32. The summed E-state index contributed by atoms with van der Waals surface area (Å²) >= 11 is 0. The lowest BCUT2D eigenvalue weighted by Gasteiger charge is -2.35. The molecule has 2 aromatic carbocycles. The highest BCUT2D eigenvalue weighted by Gasteiger charge is 2.31. The number of methoxy groups -OCH3 is 2. The van der Waals surface area contributed by atoms with E-state index in [0.717, 1.165) is 47.0 Å². The SMILES string of the molecule is COc1ccc(OC)c(CN2CCc3[nH]cnc3[C@H]2c2cccc(O)c2)c1. The Labute approximate surface area is 158 Å². The predicted octanol–water partition coefficient (Wildman–Crippen LogP) is 3.28. The molecule has 3 aromatic rings. The van der Waals surface area contributed by atoms with Crippen LogP contribution in [-0.2, 0) is 13.0 Å². The van der Waals surface area contributed by atoms with Gasteiger partial charge < -0.3 is 19.6 Å². The molecule has 0 aliphatic carbocycles. The Morgan fingerprint density at radius 2 is 2.07 bits per heavy atom. The fraction of sp³-hybridized carbons (Fsp3) is 0.286. The van der Waals surface area contributed by atoms with Crippen LogP contribution in [-0.4, -0.2) is 40.7 Å². The first kappa shape index (κ1) is 17.4. The van der Waals surface area contributed by atoms with Crippen LogP contribution in [0.4, 0.5) is 0 Å². The number of aromatic amines is 1. The van der Waals surface area contributed by atoms with Crippen LogP contribution in [0.5, 0.6) is 17.2 Å². The van der Waals surface area contributed by atoms with Gasteiger partial charge in [-0.15, -0.1) is 0 Å². The van der Waals surface area contributed by atoms with E-state index in [2.05, 4.69) is 14.9 Å². The second-order valence-electron chi connectivity index (χ2n) is 6.66. The number of fused-ring (bicyclic) bond motifs is 1. The number of H-pyrrole nitrogens is 1. The molecule has 1 aliphatic rings. The van der Waals surface area contributed by atoms with Crippen molar-refractivity contribution in [3.05, 3.63) is 71.3 Å². The second-order valence-corrected chi connectivity index (χ2v) is 6.66. The lowest BCUT2D eigenvalue weighted by atomic mass is 9.94. The molecule has 2 N–H and O–H groups in total. The molecule has 4 rings (SSSR count). The van der Waals surface area contributed by atoms with Gasteiger partial charge in [0.2, 0.25) is 0 Å². The molecule has 0 unspecified atom stereocenters. The molecular formula is C21H23N3O3. The molecule has 0 spiro atoms. The van der Waals surface area contributed by atoms with Crippen LogP contribution in [0.3, 0.4) is 0 Å². The minimum Gasteiger partial charge on any atom is -0.508 e. The van der Waals surface area contributed by atoms with E-state index in [1.807, 2.05) is 36.4 Å². The van der Waals surface area contributed by atoms with Crippen LogP contribution in [0.2, 0.25) is 0 Å². The highest BCUT2D eigenvalue weighted by atomic mass is 16.5. The maximum Gasteiger partial charge on any atom is 0.123 e. The summed E-state index contributed by atoms with van der Waals surface area (Å²) in [6, 6.07) is 13.2. The van der Waals surface area contributed by atoms with Gasteiger partial charge in [-0.25, -0.2) is 4.98 Å². The van der Waals surface area contributed by atoms with E-state index in [1.165, 1.54) is 0 Å². The highest BCUT2D eigenvalue weighted by molar-refractivity contribution is 5.42. The Kier molecular flexibility index (Phi) is 4.73. The van der Waals surface area contributed by atoms with Crippen LogP contribution in [0.25, 0.3) is 0 Å². The molecule has 1 aliphatic heterocycles. The number of phenols is 1. The summed E-state index contributed by atoms with van der Waals surface area (Å²) in [6.07, 6.45) is 2.65. The fourth-order valence-electron chi connectivity index (χ4n) is 3.78. The van der Waals surface area contributed by atoms with Gasteiger partial charge in [0.1, 0.15) is 17.2 Å². The molecule has 27 heavy (non-hydrogen) atoms. The van der Waals surface area contributed by atoms with E-state index in [0.29, 0.717) is 6.54 Å². The Morgan fingerprint density at radius 3 is 2.85 bits per heavy atom. The maximum absolute atomic E-state index is 9.99. The third kappa shape index (κ3) is 3.36. The molecule has 6 heteroatoms. The number of imidazole rings is 1. The number of hydrogen-bond acceptors (Lipinski definition) is 5. The first-order chi connectivity index (χ1) is 13.2. The minimum atomic E-state index is -0.0389. The van der Waals surface area contributed by atoms with E-state index >= 15 is 0 Å². The van der Waals surface area contributed by atoms with E-state index in [9.17, 15) is 5.11 Å². The summed E-state index contributed by atoms with van der Waals surface area (Å²) in [5, 5.41) is 9.99. The van der Waals surface area contributed by atoms with E-state index in [4.69, 9.17) is 9.47 Å². The average Bonchev–Trinajstić information content (AvgIpc) is 3.16. The smallest absolute Gasteiger partial charge is 0.123 e. The third-order valence-corrected chi connectivity index (χ3v) is 5.07. The predicted molar refractivity (Wildman–Crippen MR) is 102 cm³/mol. The number of aromatic hydroxyl groups is 1. The van der Waals surface area contributed by atoms with E-state index in [1.54, 1.807) is 26.6 Å². The summed E-state index contributed by atoms with van der Waals surface area (Å²) in [6.45, 7) is 1.56. The lowest BCUT2D eigenvalue weighted by molar-refractivity contribution is 0.197. The van der Waals surface area contributed by atoms with Gasteiger partial charge in [0.15, 0.2) is 0 Å². The normalized spacial score (nSPS) is 16.7. The molecule has 2 heterocycles. The molecule has 6 nitrogen and oxygen atoms in total. The number of nitrogens with zero attached hydrogens (tertiary/aromatic N) is 2. The van der Waals surface area contributed by atoms with Crippen LogP contribution in [0.15, 0.2) is 48.8 Å². The van der Waals surface area contributed by atoms with Gasteiger partial charge in [0.05, 0.1) is 32.3 Å². The van der Waals surface area contributed by atoms with Crippen molar-refractivity contribution >= 4 is 0 Å². The zero-order valence-electron chi connectivity index (χ0n) is 15.5. The van der Waals surface area contributed by atoms with Crippen molar-refractivity contribution in [2.45, 2.75) is 19.0 Å². The van der Waals surface area contributed by atoms with Crippen LogP contribution in [0.1, 0.15) is 28.6 Å². The van der Waals surface area contributed by atoms with Gasteiger partial charge in [0, 0.05) is 30.8 Å². The van der Waals surface area contributed by atoms with Gasteiger partial charge in [-0.2, -0.15) is 0 Å². The average molecular weight is 365 g/mol. The van der Waals surface area contributed by atoms with Crippen molar-refractivity contribution < 1.29 is 14.6 Å². The number of phenolic OH excluding ortho intramolecular Hbond substituents is 1. The minimum absolute atomic E-state index is 0.0389. The molecule has 140 valence electrons. The van der Waals surface area contributed by atoms with Gasteiger partial charge in [-0.05, 0) is 35.9 Å². The molecule has 0 bridgehead atoms. The van der Waals surface area contributed by atoms with Crippen molar-refractivity contribution in [2.75, 3.05) is 20.8 Å². The number of nitrogens with one attached hydrogen (secondary N) is 1. The highest BCUT2D eigenvalue weighted by Crippen LogP contribution is 2.37. The zero-order chi connectivity index (χ0) is 18.8. The molecule has 0 amide bonds. The molecule has 1 atom stereocenters. The standard InChI is InChI=1S/C21H23N3O3/c1-26-17-6-7-19(27-2)15(11-17)12-24-9-8-18-20(23-13-22-18)21(24)14-4-3-5-16(25)10-14/h3-7,10-11,13,21,25H,8-9,12H2,1-2H3,(H,22,23)/t21-/m1/s1. The van der Waals surface area contributed by atoms with Crippen molar-refractivity contribution in [1.29, 1.82) is 0 Å². The van der Waals surface area contributed by atoms with Gasteiger partial charge in [-0.1, -0.05) is 12.1 Å². The summed E-state index contributed by atoms with van der Waals surface area (Å²) in [7, 11) is 3.35. The Bertz CT molecular complexity index is 938. The lowest BCUT2D eigenvalue weighted by Crippen LogP contribution is -2.36. The monoisotopic (exact) mass is 365 g/mol. The number of rotatable bonds is 5. The van der Waals surface area contributed by atoms with Crippen molar-refractivity contribution in [1.82, 2.24) is 14.9 Å². The molecule has 0 radical (unpaired) electrons. The topological polar surface area (TPSA) is 70.6 Å². The maximum atomic E-state index is 9.99. The van der Waals surface area contributed by atoms with Crippen LogP contribution in [0, 0.1) is 0 Å². The molecule has 0 saturated carbocycles. The Hall–Kier alpha value is -2.99. The molecule has 0 fully saturated rings. The first-order valence-corrected chi connectivity index (χ1v) is 8.95.